The van der Waals surface area contributed by atoms with Crippen molar-refractivity contribution in [3.8, 4) is 0 Å². The molecule has 0 spiro atoms. The van der Waals surface area contributed by atoms with E-state index in [1.165, 1.54) is 16.4 Å². The van der Waals surface area contributed by atoms with Crippen molar-refractivity contribution in [3.63, 3.8) is 0 Å². The molecule has 0 saturated heterocycles. The first-order valence-corrected chi connectivity index (χ1v) is 9.34. The molecule has 3 aromatic rings. The Kier molecular flexibility index (Phi) is 4.09. The molecule has 0 fully saturated rings. The summed E-state index contributed by atoms with van der Waals surface area (Å²) in [5, 5.41) is 2.36. The van der Waals surface area contributed by atoms with Crippen LogP contribution >= 0.6 is 7.60 Å². The van der Waals surface area contributed by atoms with Crippen LogP contribution < -0.4 is 0 Å². The summed E-state index contributed by atoms with van der Waals surface area (Å²) in [6.45, 7) is 3.13. The van der Waals surface area contributed by atoms with E-state index < -0.39 is 7.60 Å². The number of nitrogens with zero attached hydrogens (tertiary/aromatic N) is 1. The quantitative estimate of drug-likeness (QED) is 0.701. The van der Waals surface area contributed by atoms with E-state index in [-0.39, 0.29) is 6.16 Å². The number of para-hydroxylation sites is 1. The third-order valence-electron chi connectivity index (χ3n) is 3.98. The predicted octanol–water partition coefficient (Wildman–Crippen LogP) is 3.92. The van der Waals surface area contributed by atoms with Gasteiger partial charge in [0.2, 0.25) is 0 Å². The lowest BCUT2D eigenvalue weighted by Crippen LogP contribution is -1.96. The first-order valence-electron chi connectivity index (χ1n) is 7.54. The summed E-state index contributed by atoms with van der Waals surface area (Å²) in [6, 6.07) is 14.4. The molecule has 0 unspecified atom stereocenters. The van der Waals surface area contributed by atoms with Gasteiger partial charge in [0.05, 0.1) is 6.16 Å². The number of hydrogen-bond donors (Lipinski definition) is 2. The van der Waals surface area contributed by atoms with Crippen LogP contribution in [-0.2, 0) is 17.5 Å². The highest BCUT2D eigenvalue weighted by molar-refractivity contribution is 7.51. The molecule has 2 aromatic carbocycles. The molecule has 0 bridgehead atoms. The topological polar surface area (TPSA) is 62.5 Å². The number of fused-ring (bicyclic) bond motifs is 3. The lowest BCUT2D eigenvalue weighted by atomic mass is 10.1. The van der Waals surface area contributed by atoms with Crippen LogP contribution in [0.4, 0.5) is 0 Å². The number of aryl methyl sites for hydroxylation is 2. The fourth-order valence-corrected chi connectivity index (χ4v) is 3.55. The lowest BCUT2D eigenvalue weighted by molar-refractivity contribution is 0.373. The van der Waals surface area contributed by atoms with E-state index in [4.69, 9.17) is 9.79 Å². The van der Waals surface area contributed by atoms with Crippen LogP contribution in [0.5, 0.6) is 0 Å². The molecule has 5 heteroatoms. The summed E-state index contributed by atoms with van der Waals surface area (Å²) in [7, 11) is -3.95. The van der Waals surface area contributed by atoms with Crippen molar-refractivity contribution in [1.29, 1.82) is 0 Å². The number of benzene rings is 2. The van der Waals surface area contributed by atoms with E-state index in [0.717, 1.165) is 23.9 Å². The monoisotopic (exact) mass is 317 g/mol. The maximum Gasteiger partial charge on any atom is 0.325 e. The Morgan fingerprint density at radius 1 is 1.05 bits per heavy atom. The Morgan fingerprint density at radius 3 is 2.50 bits per heavy atom. The zero-order valence-electron chi connectivity index (χ0n) is 12.6. The summed E-state index contributed by atoms with van der Waals surface area (Å²) in [5.74, 6) is 0. The third kappa shape index (κ3) is 2.95. The second-order valence-electron chi connectivity index (χ2n) is 5.66. The summed E-state index contributed by atoms with van der Waals surface area (Å²) >= 11 is 0. The zero-order valence-corrected chi connectivity index (χ0v) is 13.5. The first kappa shape index (κ1) is 15.3. The minimum Gasteiger partial charge on any atom is -0.340 e. The summed E-state index contributed by atoms with van der Waals surface area (Å²) in [6.07, 6.45) is 1.35. The molecule has 0 atom stereocenters. The molecule has 4 nitrogen and oxygen atoms in total. The van der Waals surface area contributed by atoms with Gasteiger partial charge in [-0.2, -0.15) is 0 Å². The maximum atomic E-state index is 11.1. The molecular formula is C17H20NO3P. The Bertz CT molecular complexity index is 863. The highest BCUT2D eigenvalue weighted by Gasteiger charge is 2.14. The standard InChI is InChI=1S/C17H20NO3P/c1-2-10-18-16-6-4-3-5-14(16)15-12-13(7-8-17(15)18)9-11-22(19,20)21/h3-8,12H,2,9-11H2,1H3,(H2,19,20,21). The van der Waals surface area contributed by atoms with Crippen LogP contribution in [0.2, 0.25) is 0 Å². The smallest absolute Gasteiger partial charge is 0.325 e. The minimum absolute atomic E-state index is 0.105. The predicted molar refractivity (Wildman–Crippen MR) is 90.4 cm³/mol. The van der Waals surface area contributed by atoms with Gasteiger partial charge in [0.15, 0.2) is 0 Å². The first-order chi connectivity index (χ1) is 10.5. The van der Waals surface area contributed by atoms with Gasteiger partial charge < -0.3 is 14.4 Å². The van der Waals surface area contributed by atoms with E-state index in [2.05, 4.69) is 35.8 Å². The highest BCUT2D eigenvalue weighted by Crippen LogP contribution is 2.36. The van der Waals surface area contributed by atoms with Crippen LogP contribution in [0.15, 0.2) is 42.5 Å². The average molecular weight is 317 g/mol. The van der Waals surface area contributed by atoms with Gasteiger partial charge in [-0.15, -0.1) is 0 Å². The van der Waals surface area contributed by atoms with Crippen LogP contribution in [-0.4, -0.2) is 20.5 Å². The minimum atomic E-state index is -3.95. The second kappa shape index (κ2) is 5.88. The average Bonchev–Trinajstić information content (AvgIpc) is 2.79. The zero-order chi connectivity index (χ0) is 15.7. The molecule has 3 rings (SSSR count). The van der Waals surface area contributed by atoms with Crippen LogP contribution in [0.1, 0.15) is 18.9 Å². The Hall–Kier alpha value is -1.61. The van der Waals surface area contributed by atoms with E-state index in [1.807, 2.05) is 18.2 Å². The Balaban J connectivity index is 2.11. The van der Waals surface area contributed by atoms with Gasteiger partial charge in [-0.25, -0.2) is 0 Å². The molecule has 22 heavy (non-hydrogen) atoms. The molecule has 1 aromatic heterocycles. The molecule has 116 valence electrons. The van der Waals surface area contributed by atoms with Gasteiger partial charge in [0, 0.05) is 28.4 Å². The molecule has 0 aliphatic rings. The largest absolute Gasteiger partial charge is 0.340 e. The van der Waals surface area contributed by atoms with Crippen molar-refractivity contribution in [2.24, 2.45) is 0 Å². The lowest BCUT2D eigenvalue weighted by Gasteiger charge is -2.06. The SMILES string of the molecule is CCCn1c2ccccc2c2cc(CCP(=O)(O)O)ccc21. The van der Waals surface area contributed by atoms with E-state index in [0.29, 0.717) is 6.42 Å². The molecule has 1 heterocycles. The number of rotatable bonds is 5. The highest BCUT2D eigenvalue weighted by atomic mass is 31.2. The molecule has 0 amide bonds. The molecule has 0 aliphatic heterocycles. The Morgan fingerprint density at radius 2 is 1.77 bits per heavy atom. The van der Waals surface area contributed by atoms with Crippen LogP contribution in [0.25, 0.3) is 21.8 Å². The third-order valence-corrected chi connectivity index (χ3v) is 4.78. The molecule has 0 aliphatic carbocycles. The van der Waals surface area contributed by atoms with E-state index in [1.54, 1.807) is 0 Å². The van der Waals surface area contributed by atoms with Gasteiger partial charge in [-0.05, 0) is 36.6 Å². The summed E-state index contributed by atoms with van der Waals surface area (Å²) in [4.78, 5) is 18.1. The normalized spacial score (nSPS) is 12.3. The van der Waals surface area contributed by atoms with Gasteiger partial charge in [0.1, 0.15) is 0 Å². The molecule has 0 saturated carbocycles. The van der Waals surface area contributed by atoms with Crippen molar-refractivity contribution < 1.29 is 14.4 Å². The van der Waals surface area contributed by atoms with Crippen molar-refractivity contribution in [2.75, 3.05) is 6.16 Å². The van der Waals surface area contributed by atoms with Crippen LogP contribution in [0, 0.1) is 0 Å². The fourth-order valence-electron chi connectivity index (χ4n) is 3.00. The summed E-state index contributed by atoms with van der Waals surface area (Å²) in [5.41, 5.74) is 3.37. The van der Waals surface area contributed by atoms with Crippen molar-refractivity contribution in [1.82, 2.24) is 4.57 Å². The van der Waals surface area contributed by atoms with Crippen molar-refractivity contribution >= 4 is 29.4 Å². The maximum absolute atomic E-state index is 11.1. The van der Waals surface area contributed by atoms with Gasteiger partial charge >= 0.3 is 7.60 Å². The summed E-state index contributed by atoms with van der Waals surface area (Å²) < 4.78 is 13.4. The molecule has 2 N–H and O–H groups in total. The van der Waals surface area contributed by atoms with Gasteiger partial charge in [-0.3, -0.25) is 4.57 Å². The van der Waals surface area contributed by atoms with E-state index in [9.17, 15) is 4.57 Å². The van der Waals surface area contributed by atoms with Gasteiger partial charge in [-0.1, -0.05) is 31.2 Å². The van der Waals surface area contributed by atoms with Crippen molar-refractivity contribution in [2.45, 2.75) is 26.3 Å². The fraction of sp³-hybridized carbons (Fsp3) is 0.294. The van der Waals surface area contributed by atoms with E-state index >= 15 is 0 Å². The van der Waals surface area contributed by atoms with Gasteiger partial charge in [0.25, 0.3) is 0 Å². The molecule has 0 radical (unpaired) electrons. The second-order valence-corrected chi connectivity index (χ2v) is 7.44. The van der Waals surface area contributed by atoms with Crippen molar-refractivity contribution in [3.05, 3.63) is 48.0 Å². The Labute approximate surface area is 129 Å². The van der Waals surface area contributed by atoms with Crippen LogP contribution in [0.3, 0.4) is 0 Å². The molecular weight excluding hydrogens is 297 g/mol. The number of aromatic nitrogens is 1. The number of hydrogen-bond acceptors (Lipinski definition) is 1.